The second-order valence-electron chi connectivity index (χ2n) is 5.30. The second-order valence-corrected chi connectivity index (χ2v) is 5.30. The molecule has 3 rings (SSSR count). The third-order valence-corrected chi connectivity index (χ3v) is 3.86. The molecule has 0 bridgehead atoms. The minimum Gasteiger partial charge on any atom is -0.478 e. The third kappa shape index (κ3) is 2.72. The predicted molar refractivity (Wildman–Crippen MR) is 79.5 cm³/mol. The molecule has 0 radical (unpaired) electrons. The highest BCUT2D eigenvalue weighted by atomic mass is 16.4. The van der Waals surface area contributed by atoms with E-state index in [-0.39, 0.29) is 5.56 Å². The summed E-state index contributed by atoms with van der Waals surface area (Å²) in [5.74, 6) is -0.481. The van der Waals surface area contributed by atoms with Gasteiger partial charge in [0.15, 0.2) is 0 Å². The van der Waals surface area contributed by atoms with Gasteiger partial charge in [-0.2, -0.15) is 0 Å². The number of pyridine rings is 2. The van der Waals surface area contributed by atoms with Crippen molar-refractivity contribution in [2.45, 2.75) is 32.7 Å². The standard InChI is InChI=1S/C16H17N3O2/c1-10-8-17-6-5-12(10)9-18-15-13(16(20)21)7-11-3-2-4-14(11)19-15/h5-8H,2-4,9H2,1H3,(H,18,19)(H,20,21). The molecular weight excluding hydrogens is 266 g/mol. The zero-order chi connectivity index (χ0) is 14.8. The van der Waals surface area contributed by atoms with E-state index in [1.165, 1.54) is 0 Å². The van der Waals surface area contributed by atoms with Crippen LogP contribution < -0.4 is 5.32 Å². The van der Waals surface area contributed by atoms with Crippen LogP contribution in [-0.2, 0) is 19.4 Å². The minimum atomic E-state index is -0.939. The average molecular weight is 283 g/mol. The lowest BCUT2D eigenvalue weighted by Crippen LogP contribution is -2.11. The fourth-order valence-corrected chi connectivity index (χ4v) is 2.65. The molecule has 2 heterocycles. The Morgan fingerprint density at radius 1 is 1.43 bits per heavy atom. The van der Waals surface area contributed by atoms with Crippen molar-refractivity contribution in [1.82, 2.24) is 9.97 Å². The van der Waals surface area contributed by atoms with Crippen molar-refractivity contribution in [3.63, 3.8) is 0 Å². The summed E-state index contributed by atoms with van der Waals surface area (Å²) in [5.41, 5.74) is 4.50. The monoisotopic (exact) mass is 283 g/mol. The second kappa shape index (κ2) is 5.52. The highest BCUT2D eigenvalue weighted by Crippen LogP contribution is 2.25. The number of nitrogens with one attached hydrogen (secondary N) is 1. The molecule has 0 atom stereocenters. The van der Waals surface area contributed by atoms with E-state index in [4.69, 9.17) is 0 Å². The topological polar surface area (TPSA) is 75.1 Å². The van der Waals surface area contributed by atoms with Gasteiger partial charge >= 0.3 is 5.97 Å². The van der Waals surface area contributed by atoms with Crippen LogP contribution in [-0.4, -0.2) is 21.0 Å². The molecule has 0 aliphatic heterocycles. The van der Waals surface area contributed by atoms with Crippen molar-refractivity contribution < 1.29 is 9.90 Å². The maximum absolute atomic E-state index is 11.4. The van der Waals surface area contributed by atoms with Crippen molar-refractivity contribution in [1.29, 1.82) is 0 Å². The molecular formula is C16H17N3O2. The van der Waals surface area contributed by atoms with Crippen LogP contribution in [0.25, 0.3) is 0 Å². The largest absolute Gasteiger partial charge is 0.478 e. The van der Waals surface area contributed by atoms with Gasteiger partial charge in [-0.3, -0.25) is 4.98 Å². The molecule has 0 unspecified atom stereocenters. The SMILES string of the molecule is Cc1cnccc1CNc1nc2c(cc1C(=O)O)CCC2. The van der Waals surface area contributed by atoms with E-state index < -0.39 is 5.97 Å². The van der Waals surface area contributed by atoms with Gasteiger partial charge in [-0.1, -0.05) is 0 Å². The molecule has 1 aliphatic carbocycles. The number of carboxylic acids is 1. The van der Waals surface area contributed by atoms with Crippen LogP contribution in [0.15, 0.2) is 24.5 Å². The van der Waals surface area contributed by atoms with Crippen molar-refractivity contribution in [2.75, 3.05) is 5.32 Å². The molecule has 0 amide bonds. The molecule has 21 heavy (non-hydrogen) atoms. The van der Waals surface area contributed by atoms with Gasteiger partial charge in [0.05, 0.1) is 0 Å². The summed E-state index contributed by atoms with van der Waals surface area (Å²) in [4.78, 5) is 20.0. The Labute approximate surface area is 123 Å². The predicted octanol–water partition coefficient (Wildman–Crippen LogP) is 2.58. The minimum absolute atomic E-state index is 0.252. The Morgan fingerprint density at radius 2 is 2.29 bits per heavy atom. The van der Waals surface area contributed by atoms with E-state index >= 15 is 0 Å². The van der Waals surface area contributed by atoms with Gasteiger partial charge in [0.1, 0.15) is 11.4 Å². The Kier molecular flexibility index (Phi) is 3.56. The number of aromatic nitrogens is 2. The lowest BCUT2D eigenvalue weighted by Gasteiger charge is -2.12. The van der Waals surface area contributed by atoms with Crippen molar-refractivity contribution >= 4 is 11.8 Å². The van der Waals surface area contributed by atoms with E-state index in [2.05, 4.69) is 15.3 Å². The first-order valence-electron chi connectivity index (χ1n) is 7.04. The number of fused-ring (bicyclic) bond motifs is 1. The third-order valence-electron chi connectivity index (χ3n) is 3.86. The summed E-state index contributed by atoms with van der Waals surface area (Å²) < 4.78 is 0. The van der Waals surface area contributed by atoms with Crippen LogP contribution in [0.5, 0.6) is 0 Å². The van der Waals surface area contributed by atoms with Gasteiger partial charge in [-0.05, 0) is 55.0 Å². The Morgan fingerprint density at radius 3 is 3.05 bits per heavy atom. The normalized spacial score (nSPS) is 13.0. The number of aryl methyl sites for hydroxylation is 3. The lowest BCUT2D eigenvalue weighted by molar-refractivity contribution is 0.0697. The maximum atomic E-state index is 11.4. The molecule has 5 heteroatoms. The quantitative estimate of drug-likeness (QED) is 0.902. The molecule has 0 saturated carbocycles. The highest BCUT2D eigenvalue weighted by Gasteiger charge is 2.19. The molecule has 1 aliphatic rings. The van der Waals surface area contributed by atoms with Gasteiger partial charge in [0.2, 0.25) is 0 Å². The van der Waals surface area contributed by atoms with E-state index in [0.29, 0.717) is 12.4 Å². The van der Waals surface area contributed by atoms with Crippen molar-refractivity contribution in [3.8, 4) is 0 Å². The van der Waals surface area contributed by atoms with Crippen molar-refractivity contribution in [3.05, 3.63) is 52.5 Å². The van der Waals surface area contributed by atoms with Crippen LogP contribution in [0.2, 0.25) is 0 Å². The van der Waals surface area contributed by atoms with E-state index in [9.17, 15) is 9.90 Å². The van der Waals surface area contributed by atoms with Gasteiger partial charge < -0.3 is 10.4 Å². The molecule has 0 saturated heterocycles. The summed E-state index contributed by atoms with van der Waals surface area (Å²) >= 11 is 0. The number of anilines is 1. The molecule has 5 nitrogen and oxygen atoms in total. The number of carboxylic acid groups (broad SMARTS) is 1. The lowest BCUT2D eigenvalue weighted by atomic mass is 10.1. The van der Waals surface area contributed by atoms with E-state index in [1.54, 1.807) is 18.5 Å². The Bertz CT molecular complexity index is 698. The number of rotatable bonds is 4. The molecule has 2 aromatic rings. The highest BCUT2D eigenvalue weighted by molar-refractivity contribution is 5.93. The smallest absolute Gasteiger partial charge is 0.339 e. The fraction of sp³-hybridized carbons (Fsp3) is 0.312. The fourth-order valence-electron chi connectivity index (χ4n) is 2.65. The Hall–Kier alpha value is -2.43. The maximum Gasteiger partial charge on any atom is 0.339 e. The molecule has 0 fully saturated rings. The number of hydrogen-bond acceptors (Lipinski definition) is 4. The first kappa shape index (κ1) is 13.5. The zero-order valence-electron chi connectivity index (χ0n) is 11.9. The van der Waals surface area contributed by atoms with Crippen LogP contribution in [0.4, 0.5) is 5.82 Å². The first-order valence-corrected chi connectivity index (χ1v) is 7.04. The molecule has 108 valence electrons. The Balaban J connectivity index is 1.88. The average Bonchev–Trinajstić information content (AvgIpc) is 2.92. The summed E-state index contributed by atoms with van der Waals surface area (Å²) in [7, 11) is 0. The van der Waals surface area contributed by atoms with Gasteiger partial charge in [-0.25, -0.2) is 9.78 Å². The van der Waals surface area contributed by atoms with Crippen LogP contribution >= 0.6 is 0 Å². The zero-order valence-corrected chi connectivity index (χ0v) is 11.9. The van der Waals surface area contributed by atoms with Crippen LogP contribution in [0.3, 0.4) is 0 Å². The number of aromatic carboxylic acids is 1. The van der Waals surface area contributed by atoms with Gasteiger partial charge in [0, 0.05) is 24.6 Å². The summed E-state index contributed by atoms with van der Waals surface area (Å²) in [6, 6.07) is 3.69. The van der Waals surface area contributed by atoms with E-state index in [0.717, 1.165) is 41.6 Å². The number of nitrogens with zero attached hydrogens (tertiary/aromatic N) is 2. The van der Waals surface area contributed by atoms with Gasteiger partial charge in [0.25, 0.3) is 0 Å². The van der Waals surface area contributed by atoms with Crippen LogP contribution in [0, 0.1) is 6.92 Å². The summed E-state index contributed by atoms with van der Waals surface area (Å²) in [5, 5.41) is 12.5. The number of carbonyl (C=O) groups is 1. The summed E-state index contributed by atoms with van der Waals surface area (Å²) in [6.45, 7) is 2.53. The molecule has 2 aromatic heterocycles. The molecule has 0 aromatic carbocycles. The first-order chi connectivity index (χ1) is 10.1. The molecule has 2 N–H and O–H groups in total. The van der Waals surface area contributed by atoms with E-state index in [1.807, 2.05) is 13.0 Å². The number of hydrogen-bond donors (Lipinski definition) is 2. The summed E-state index contributed by atoms with van der Waals surface area (Å²) in [6.07, 6.45) is 6.43. The van der Waals surface area contributed by atoms with Crippen molar-refractivity contribution in [2.24, 2.45) is 0 Å². The van der Waals surface area contributed by atoms with Crippen LogP contribution in [0.1, 0.15) is 39.2 Å². The van der Waals surface area contributed by atoms with Gasteiger partial charge in [-0.15, -0.1) is 0 Å². The molecule has 0 spiro atoms.